The molecule has 64 valence electrons. The predicted octanol–water partition coefficient (Wildman–Crippen LogP) is -0.606. The molecule has 0 aliphatic carbocycles. The summed E-state index contributed by atoms with van der Waals surface area (Å²) in [7, 11) is 3.14. The van der Waals surface area contributed by atoms with Gasteiger partial charge in [-0.1, -0.05) is 0 Å². The van der Waals surface area contributed by atoms with E-state index in [0.29, 0.717) is 13.2 Å². The van der Waals surface area contributed by atoms with Crippen molar-refractivity contribution in [2.75, 3.05) is 27.4 Å². The topological polar surface area (TPSA) is 47.6 Å². The van der Waals surface area contributed by atoms with Crippen molar-refractivity contribution in [3.8, 4) is 0 Å². The summed E-state index contributed by atoms with van der Waals surface area (Å²) in [4.78, 5) is 11.0. The first-order valence-electron chi connectivity index (χ1n) is 3.62. The molecular formula is C7H13NO3. The van der Waals surface area contributed by atoms with Crippen LogP contribution in [0.1, 0.15) is 0 Å². The van der Waals surface area contributed by atoms with Gasteiger partial charge in [-0.3, -0.25) is 4.79 Å². The Morgan fingerprint density at radius 1 is 1.73 bits per heavy atom. The number of methoxy groups -OCH3 is 1. The normalized spacial score (nSPS) is 20.5. The van der Waals surface area contributed by atoms with Gasteiger partial charge in [-0.05, 0) is 7.05 Å². The lowest BCUT2D eigenvalue weighted by molar-refractivity contribution is -0.150. The minimum absolute atomic E-state index is 0.200. The van der Waals surface area contributed by atoms with Gasteiger partial charge in [0.05, 0.1) is 20.3 Å². The first kappa shape index (κ1) is 8.49. The molecule has 0 amide bonds. The molecule has 1 fully saturated rings. The van der Waals surface area contributed by atoms with E-state index in [4.69, 9.17) is 4.74 Å². The monoisotopic (exact) mass is 159 g/mol. The van der Waals surface area contributed by atoms with Gasteiger partial charge in [-0.25, -0.2) is 0 Å². The molecule has 1 unspecified atom stereocenters. The van der Waals surface area contributed by atoms with E-state index in [0.717, 1.165) is 0 Å². The minimum atomic E-state index is -0.208. The summed E-state index contributed by atoms with van der Waals surface area (Å²) >= 11 is 0. The second-order valence-electron chi connectivity index (χ2n) is 2.59. The summed E-state index contributed by atoms with van der Waals surface area (Å²) in [6.07, 6.45) is 0. The smallest absolute Gasteiger partial charge is 0.323 e. The molecule has 1 heterocycles. The number of ether oxygens (including phenoxy) is 2. The van der Waals surface area contributed by atoms with Crippen molar-refractivity contribution in [3.05, 3.63) is 0 Å². The molecule has 0 spiro atoms. The molecule has 1 rings (SSSR count). The third-order valence-electron chi connectivity index (χ3n) is 1.90. The van der Waals surface area contributed by atoms with Gasteiger partial charge < -0.3 is 14.8 Å². The first-order chi connectivity index (χ1) is 5.29. The van der Waals surface area contributed by atoms with Crippen LogP contribution in [0.15, 0.2) is 0 Å². The zero-order valence-corrected chi connectivity index (χ0v) is 6.79. The lowest BCUT2D eigenvalue weighted by Crippen LogP contribution is -2.49. The third kappa shape index (κ3) is 1.70. The molecule has 1 aliphatic heterocycles. The van der Waals surface area contributed by atoms with Gasteiger partial charge in [0.2, 0.25) is 0 Å². The molecule has 1 saturated heterocycles. The minimum Gasteiger partial charge on any atom is -0.468 e. The molecule has 1 atom stereocenters. The maximum Gasteiger partial charge on any atom is 0.323 e. The molecule has 4 heteroatoms. The average Bonchev–Trinajstić information content (AvgIpc) is 1.94. The van der Waals surface area contributed by atoms with Crippen molar-refractivity contribution >= 4 is 5.97 Å². The standard InChI is InChI=1S/C7H13NO3/c1-8-6(7(9)10-2)5-3-11-4-5/h5-6,8H,3-4H2,1-2H3. The average molecular weight is 159 g/mol. The molecule has 1 aliphatic rings. The fraction of sp³-hybridized carbons (Fsp3) is 0.857. The van der Waals surface area contributed by atoms with Gasteiger partial charge in [0.15, 0.2) is 0 Å². The van der Waals surface area contributed by atoms with Gasteiger partial charge in [0, 0.05) is 5.92 Å². The van der Waals surface area contributed by atoms with Crippen molar-refractivity contribution in [2.24, 2.45) is 5.92 Å². The van der Waals surface area contributed by atoms with E-state index in [1.54, 1.807) is 7.05 Å². The first-order valence-corrected chi connectivity index (χ1v) is 3.62. The van der Waals surface area contributed by atoms with E-state index in [9.17, 15) is 4.79 Å². The van der Waals surface area contributed by atoms with E-state index in [1.165, 1.54) is 7.11 Å². The summed E-state index contributed by atoms with van der Waals surface area (Å²) < 4.78 is 9.57. The van der Waals surface area contributed by atoms with Crippen LogP contribution in [0.2, 0.25) is 0 Å². The number of hydrogen-bond donors (Lipinski definition) is 1. The summed E-state index contributed by atoms with van der Waals surface area (Å²) in [5.74, 6) is 0.0771. The summed E-state index contributed by atoms with van der Waals surface area (Å²) in [6.45, 7) is 1.31. The second kappa shape index (κ2) is 3.69. The van der Waals surface area contributed by atoms with Gasteiger partial charge in [0.1, 0.15) is 6.04 Å². The summed E-state index contributed by atoms with van der Waals surface area (Å²) in [6, 6.07) is -0.200. The molecule has 1 N–H and O–H groups in total. The summed E-state index contributed by atoms with van der Waals surface area (Å²) in [5.41, 5.74) is 0. The Hall–Kier alpha value is -0.610. The maximum atomic E-state index is 11.0. The molecule has 11 heavy (non-hydrogen) atoms. The highest BCUT2D eigenvalue weighted by molar-refractivity contribution is 5.76. The van der Waals surface area contributed by atoms with E-state index >= 15 is 0 Å². The highest BCUT2D eigenvalue weighted by Crippen LogP contribution is 2.15. The molecule has 0 aromatic rings. The van der Waals surface area contributed by atoms with E-state index in [1.807, 2.05) is 0 Å². The van der Waals surface area contributed by atoms with Crippen LogP contribution in [0.5, 0.6) is 0 Å². The number of hydrogen-bond acceptors (Lipinski definition) is 4. The lowest BCUT2D eigenvalue weighted by Gasteiger charge is -2.31. The molecule has 0 aromatic carbocycles. The van der Waals surface area contributed by atoms with Gasteiger partial charge in [-0.15, -0.1) is 0 Å². The Morgan fingerprint density at radius 3 is 2.64 bits per heavy atom. The van der Waals surface area contributed by atoms with Crippen molar-refractivity contribution in [3.63, 3.8) is 0 Å². The van der Waals surface area contributed by atoms with Crippen molar-refractivity contribution in [2.45, 2.75) is 6.04 Å². The summed E-state index contributed by atoms with van der Waals surface area (Å²) in [5, 5.41) is 2.90. The maximum absolute atomic E-state index is 11.0. The van der Waals surface area contributed by atoms with Crippen LogP contribution in [-0.4, -0.2) is 39.4 Å². The fourth-order valence-corrected chi connectivity index (χ4v) is 1.12. The fourth-order valence-electron chi connectivity index (χ4n) is 1.12. The van der Waals surface area contributed by atoms with Crippen LogP contribution >= 0.6 is 0 Å². The van der Waals surface area contributed by atoms with Crippen molar-refractivity contribution < 1.29 is 14.3 Å². The molecule has 0 aromatic heterocycles. The highest BCUT2D eigenvalue weighted by atomic mass is 16.5. The zero-order valence-electron chi connectivity index (χ0n) is 6.79. The molecule has 4 nitrogen and oxygen atoms in total. The third-order valence-corrected chi connectivity index (χ3v) is 1.90. The van der Waals surface area contributed by atoms with E-state index in [2.05, 4.69) is 10.1 Å². The zero-order chi connectivity index (χ0) is 8.27. The molecule has 0 radical (unpaired) electrons. The Balaban J connectivity index is 2.40. The molecule has 0 saturated carbocycles. The SMILES string of the molecule is CNC(C(=O)OC)C1COC1. The van der Waals surface area contributed by atoms with Gasteiger partial charge >= 0.3 is 5.97 Å². The van der Waals surface area contributed by atoms with Crippen molar-refractivity contribution in [1.82, 2.24) is 5.32 Å². The number of likely N-dealkylation sites (N-methyl/N-ethyl adjacent to an activating group) is 1. The predicted molar refractivity (Wildman–Crippen MR) is 39.2 cm³/mol. The van der Waals surface area contributed by atoms with Crippen LogP contribution in [-0.2, 0) is 14.3 Å². The number of carbonyl (C=O) groups excluding carboxylic acids is 1. The van der Waals surface area contributed by atoms with Crippen LogP contribution < -0.4 is 5.32 Å². The highest BCUT2D eigenvalue weighted by Gasteiger charge is 2.32. The van der Waals surface area contributed by atoms with Gasteiger partial charge in [-0.2, -0.15) is 0 Å². The number of nitrogens with one attached hydrogen (secondary N) is 1. The molecular weight excluding hydrogens is 146 g/mol. The second-order valence-corrected chi connectivity index (χ2v) is 2.59. The number of carbonyl (C=O) groups is 1. The Labute approximate surface area is 65.9 Å². The van der Waals surface area contributed by atoms with Gasteiger partial charge in [0.25, 0.3) is 0 Å². The Kier molecular flexibility index (Phi) is 2.84. The Morgan fingerprint density at radius 2 is 2.36 bits per heavy atom. The van der Waals surface area contributed by atoms with Crippen LogP contribution in [0.3, 0.4) is 0 Å². The number of rotatable bonds is 3. The van der Waals surface area contributed by atoms with Crippen LogP contribution in [0.4, 0.5) is 0 Å². The van der Waals surface area contributed by atoms with E-state index < -0.39 is 0 Å². The molecule has 0 bridgehead atoms. The van der Waals surface area contributed by atoms with Crippen LogP contribution in [0.25, 0.3) is 0 Å². The van der Waals surface area contributed by atoms with E-state index in [-0.39, 0.29) is 17.9 Å². The lowest BCUT2D eigenvalue weighted by atomic mass is 9.98. The quantitative estimate of drug-likeness (QED) is 0.558. The van der Waals surface area contributed by atoms with Crippen molar-refractivity contribution in [1.29, 1.82) is 0 Å². The Bertz CT molecular complexity index is 145. The number of esters is 1. The van der Waals surface area contributed by atoms with Crippen LogP contribution in [0, 0.1) is 5.92 Å². The largest absolute Gasteiger partial charge is 0.468 e.